The summed E-state index contributed by atoms with van der Waals surface area (Å²) in [6, 6.07) is 4.54. The van der Waals surface area contributed by atoms with E-state index in [0.29, 0.717) is 10.6 Å². The van der Waals surface area contributed by atoms with Crippen molar-refractivity contribution in [1.82, 2.24) is 5.43 Å². The normalized spacial score (nSPS) is 13.8. The average molecular weight is 267 g/mol. The second-order valence-electron chi connectivity index (χ2n) is 3.87. The second-order valence-corrected chi connectivity index (χ2v) is 4.31. The molecule has 1 aromatic rings. The zero-order chi connectivity index (χ0) is 13.1. The van der Waals surface area contributed by atoms with Crippen molar-refractivity contribution in [3.05, 3.63) is 34.3 Å². The third-order valence-electron chi connectivity index (χ3n) is 2.53. The van der Waals surface area contributed by atoms with Gasteiger partial charge in [0.25, 0.3) is 0 Å². The molecule has 0 aromatic heterocycles. The van der Waals surface area contributed by atoms with Crippen LogP contribution in [-0.4, -0.2) is 6.18 Å². The minimum absolute atomic E-state index is 0.110. The fourth-order valence-electron chi connectivity index (χ4n) is 1.62. The molecule has 1 aromatic carbocycles. The van der Waals surface area contributed by atoms with Crippen molar-refractivity contribution < 1.29 is 13.2 Å². The van der Waals surface area contributed by atoms with E-state index in [-0.39, 0.29) is 6.42 Å². The van der Waals surface area contributed by atoms with Gasteiger partial charge in [0, 0.05) is 17.5 Å². The zero-order valence-corrected chi connectivity index (χ0v) is 10.1. The SMILES string of the molecule is Cc1ccc(Cl)cc1C(CCC(F)(F)F)NN. The van der Waals surface area contributed by atoms with Crippen LogP contribution in [0, 0.1) is 6.92 Å². The molecule has 0 aliphatic rings. The molecule has 1 rings (SSSR count). The van der Waals surface area contributed by atoms with Gasteiger partial charge in [0.05, 0.1) is 0 Å². The highest BCUT2D eigenvalue weighted by molar-refractivity contribution is 6.30. The van der Waals surface area contributed by atoms with Gasteiger partial charge in [-0.2, -0.15) is 13.2 Å². The summed E-state index contributed by atoms with van der Waals surface area (Å²) in [7, 11) is 0. The molecule has 2 nitrogen and oxygen atoms in total. The van der Waals surface area contributed by atoms with Crippen LogP contribution in [0.4, 0.5) is 13.2 Å². The number of aryl methyl sites for hydroxylation is 1. The number of hydrogen-bond acceptors (Lipinski definition) is 2. The van der Waals surface area contributed by atoms with Crippen LogP contribution < -0.4 is 11.3 Å². The van der Waals surface area contributed by atoms with Crippen LogP contribution in [0.1, 0.15) is 30.0 Å². The summed E-state index contributed by atoms with van der Waals surface area (Å²) in [5, 5.41) is 0.484. The summed E-state index contributed by atoms with van der Waals surface area (Å²) in [6.07, 6.45) is -5.17. The molecule has 0 heterocycles. The third-order valence-corrected chi connectivity index (χ3v) is 2.77. The Morgan fingerprint density at radius 2 is 2.06 bits per heavy atom. The average Bonchev–Trinajstić information content (AvgIpc) is 2.22. The zero-order valence-electron chi connectivity index (χ0n) is 9.31. The van der Waals surface area contributed by atoms with Gasteiger partial charge in [-0.25, -0.2) is 0 Å². The molecule has 0 saturated carbocycles. The van der Waals surface area contributed by atoms with E-state index >= 15 is 0 Å². The van der Waals surface area contributed by atoms with E-state index in [1.54, 1.807) is 18.2 Å². The first-order valence-electron chi connectivity index (χ1n) is 5.12. The van der Waals surface area contributed by atoms with Crippen molar-refractivity contribution in [2.75, 3.05) is 0 Å². The summed E-state index contributed by atoms with van der Waals surface area (Å²) < 4.78 is 36.5. The topological polar surface area (TPSA) is 38.0 Å². The predicted molar refractivity (Wildman–Crippen MR) is 61.5 cm³/mol. The summed E-state index contributed by atoms with van der Waals surface area (Å²) in [4.78, 5) is 0. The van der Waals surface area contributed by atoms with Crippen LogP contribution in [0.15, 0.2) is 18.2 Å². The molecule has 96 valence electrons. The molecule has 0 aliphatic carbocycles. The monoisotopic (exact) mass is 266 g/mol. The Bertz CT molecular complexity index is 379. The Labute approximate surface area is 103 Å². The molecule has 0 spiro atoms. The molecule has 0 radical (unpaired) electrons. The highest BCUT2D eigenvalue weighted by Gasteiger charge is 2.28. The Morgan fingerprint density at radius 1 is 1.41 bits per heavy atom. The molecule has 0 amide bonds. The number of alkyl halides is 3. The Morgan fingerprint density at radius 3 is 2.59 bits per heavy atom. The quantitative estimate of drug-likeness (QED) is 0.647. The van der Waals surface area contributed by atoms with Crippen LogP contribution in [0.3, 0.4) is 0 Å². The minimum Gasteiger partial charge on any atom is -0.271 e. The number of hydrazine groups is 1. The fourth-order valence-corrected chi connectivity index (χ4v) is 1.80. The van der Waals surface area contributed by atoms with Crippen LogP contribution in [-0.2, 0) is 0 Å². The molecule has 1 unspecified atom stereocenters. The fraction of sp³-hybridized carbons (Fsp3) is 0.455. The minimum atomic E-state index is -4.18. The summed E-state index contributed by atoms with van der Waals surface area (Å²) in [5.74, 6) is 5.29. The standard InChI is InChI=1S/C11H14ClF3N2/c1-7-2-3-8(12)6-9(7)10(17-16)4-5-11(13,14)15/h2-3,6,10,17H,4-5,16H2,1H3. The van der Waals surface area contributed by atoms with Crippen molar-refractivity contribution in [3.8, 4) is 0 Å². The highest BCUT2D eigenvalue weighted by atomic mass is 35.5. The van der Waals surface area contributed by atoms with Crippen molar-refractivity contribution in [2.24, 2.45) is 5.84 Å². The van der Waals surface area contributed by atoms with Crippen molar-refractivity contribution in [1.29, 1.82) is 0 Å². The second kappa shape index (κ2) is 5.71. The lowest BCUT2D eigenvalue weighted by Crippen LogP contribution is -2.29. The summed E-state index contributed by atoms with van der Waals surface area (Å²) in [5.41, 5.74) is 3.96. The van der Waals surface area contributed by atoms with Crippen LogP contribution in [0.2, 0.25) is 5.02 Å². The molecule has 3 N–H and O–H groups in total. The van der Waals surface area contributed by atoms with Gasteiger partial charge >= 0.3 is 6.18 Å². The molecule has 0 saturated heterocycles. The van der Waals surface area contributed by atoms with Gasteiger partial charge in [0.1, 0.15) is 0 Å². The molecular formula is C11H14ClF3N2. The first-order valence-corrected chi connectivity index (χ1v) is 5.50. The lowest BCUT2D eigenvalue weighted by atomic mass is 9.98. The Kier molecular flexibility index (Phi) is 4.80. The molecule has 1 atom stereocenters. The van der Waals surface area contributed by atoms with Gasteiger partial charge < -0.3 is 0 Å². The molecule has 0 aliphatic heterocycles. The summed E-state index contributed by atoms with van der Waals surface area (Å²) >= 11 is 5.82. The molecular weight excluding hydrogens is 253 g/mol. The first kappa shape index (κ1) is 14.3. The Balaban J connectivity index is 2.82. The number of halogens is 4. The maximum Gasteiger partial charge on any atom is 0.389 e. The number of nitrogens with one attached hydrogen (secondary N) is 1. The maximum atomic E-state index is 12.2. The van der Waals surface area contributed by atoms with Gasteiger partial charge in [-0.1, -0.05) is 17.7 Å². The van der Waals surface area contributed by atoms with Crippen molar-refractivity contribution in [3.63, 3.8) is 0 Å². The van der Waals surface area contributed by atoms with Gasteiger partial charge in [-0.3, -0.25) is 11.3 Å². The lowest BCUT2D eigenvalue weighted by Gasteiger charge is -2.19. The van der Waals surface area contributed by atoms with Crippen molar-refractivity contribution >= 4 is 11.6 Å². The van der Waals surface area contributed by atoms with E-state index in [1.165, 1.54) is 0 Å². The van der Waals surface area contributed by atoms with Crippen molar-refractivity contribution in [2.45, 2.75) is 32.0 Å². The van der Waals surface area contributed by atoms with Crippen LogP contribution in [0.5, 0.6) is 0 Å². The maximum absolute atomic E-state index is 12.2. The van der Waals surface area contributed by atoms with Gasteiger partial charge in [-0.15, -0.1) is 0 Å². The molecule has 0 bridgehead atoms. The Hall–Kier alpha value is -0.780. The molecule has 17 heavy (non-hydrogen) atoms. The number of rotatable bonds is 4. The highest BCUT2D eigenvalue weighted by Crippen LogP contribution is 2.29. The van der Waals surface area contributed by atoms with Gasteiger partial charge in [0.2, 0.25) is 0 Å². The first-order chi connectivity index (χ1) is 7.83. The van der Waals surface area contributed by atoms with Crippen LogP contribution in [0.25, 0.3) is 0 Å². The van der Waals surface area contributed by atoms with E-state index in [2.05, 4.69) is 5.43 Å². The van der Waals surface area contributed by atoms with Gasteiger partial charge in [-0.05, 0) is 36.6 Å². The van der Waals surface area contributed by atoms with E-state index in [1.807, 2.05) is 6.92 Å². The predicted octanol–water partition coefficient (Wildman–Crippen LogP) is 3.50. The number of benzene rings is 1. The number of hydrogen-bond donors (Lipinski definition) is 2. The number of nitrogens with two attached hydrogens (primary N) is 1. The molecule has 6 heteroatoms. The lowest BCUT2D eigenvalue weighted by molar-refractivity contribution is -0.136. The largest absolute Gasteiger partial charge is 0.389 e. The van der Waals surface area contributed by atoms with Gasteiger partial charge in [0.15, 0.2) is 0 Å². The smallest absolute Gasteiger partial charge is 0.271 e. The third kappa shape index (κ3) is 4.53. The van der Waals surface area contributed by atoms with E-state index in [0.717, 1.165) is 5.56 Å². The van der Waals surface area contributed by atoms with E-state index < -0.39 is 18.6 Å². The van der Waals surface area contributed by atoms with E-state index in [4.69, 9.17) is 17.4 Å². The van der Waals surface area contributed by atoms with Crippen LogP contribution >= 0.6 is 11.6 Å². The summed E-state index contributed by atoms with van der Waals surface area (Å²) in [6.45, 7) is 1.81. The molecule has 0 fully saturated rings. The van der Waals surface area contributed by atoms with E-state index in [9.17, 15) is 13.2 Å².